The number of rotatable bonds is 2. The molecule has 0 spiro atoms. The van der Waals surface area contributed by atoms with Gasteiger partial charge in [-0.25, -0.2) is 0 Å². The average Bonchev–Trinajstić information content (AvgIpc) is 2.78. The van der Waals surface area contributed by atoms with E-state index in [-0.39, 0.29) is 5.76 Å². The van der Waals surface area contributed by atoms with Gasteiger partial charge in [-0.15, -0.1) is 0 Å². The topological polar surface area (TPSA) is 66.9 Å². The van der Waals surface area contributed by atoms with Gasteiger partial charge >= 0.3 is 0 Å². The summed E-state index contributed by atoms with van der Waals surface area (Å²) in [7, 11) is 0. The molecule has 0 N–H and O–H groups in total. The zero-order valence-electron chi connectivity index (χ0n) is 7.68. The van der Waals surface area contributed by atoms with Gasteiger partial charge < -0.3 is 4.42 Å². The van der Waals surface area contributed by atoms with E-state index in [2.05, 4.69) is 4.98 Å². The van der Waals surface area contributed by atoms with E-state index >= 15 is 0 Å². The van der Waals surface area contributed by atoms with Crippen LogP contribution in [0.2, 0.25) is 0 Å². The van der Waals surface area contributed by atoms with E-state index in [0.29, 0.717) is 23.2 Å². The fourth-order valence-electron chi connectivity index (χ4n) is 1.21. The lowest BCUT2D eigenvalue weighted by molar-refractivity contribution is 0.110. The molecule has 0 aliphatic rings. The third kappa shape index (κ3) is 1.76. The second kappa shape index (κ2) is 3.76. The molecule has 0 unspecified atom stereocenters. The van der Waals surface area contributed by atoms with Crippen molar-refractivity contribution in [3.63, 3.8) is 0 Å². The number of aldehydes is 1. The van der Waals surface area contributed by atoms with Gasteiger partial charge in [0, 0.05) is 18.0 Å². The van der Waals surface area contributed by atoms with Gasteiger partial charge in [-0.3, -0.25) is 9.78 Å². The van der Waals surface area contributed by atoms with E-state index in [1.54, 1.807) is 24.4 Å². The van der Waals surface area contributed by atoms with Crippen LogP contribution < -0.4 is 0 Å². The summed E-state index contributed by atoms with van der Waals surface area (Å²) in [5.74, 6) is 0.786. The SMILES string of the molecule is N#Cc1cncc(-c2ccc(C=O)o2)c1. The molecule has 0 amide bonds. The maximum absolute atomic E-state index is 10.4. The molecule has 0 aliphatic carbocycles. The lowest BCUT2D eigenvalue weighted by atomic mass is 10.2. The number of hydrogen-bond acceptors (Lipinski definition) is 4. The third-order valence-corrected chi connectivity index (χ3v) is 1.89. The normalized spacial score (nSPS) is 9.53. The number of carbonyl (C=O) groups excluding carboxylic acids is 1. The zero-order valence-corrected chi connectivity index (χ0v) is 7.68. The van der Waals surface area contributed by atoms with E-state index in [4.69, 9.17) is 9.68 Å². The van der Waals surface area contributed by atoms with Crippen molar-refractivity contribution in [1.29, 1.82) is 5.26 Å². The second-order valence-electron chi connectivity index (χ2n) is 2.89. The van der Waals surface area contributed by atoms with Crippen LogP contribution in [-0.2, 0) is 0 Å². The van der Waals surface area contributed by atoms with Gasteiger partial charge in [-0.1, -0.05) is 0 Å². The van der Waals surface area contributed by atoms with Crippen LogP contribution in [0.15, 0.2) is 35.0 Å². The molecule has 2 heterocycles. The molecule has 72 valence electrons. The van der Waals surface area contributed by atoms with E-state index in [9.17, 15) is 4.79 Å². The number of nitriles is 1. The van der Waals surface area contributed by atoms with Gasteiger partial charge in [-0.05, 0) is 18.2 Å². The summed E-state index contributed by atoms with van der Waals surface area (Å²) in [4.78, 5) is 14.3. The van der Waals surface area contributed by atoms with Crippen molar-refractivity contribution >= 4 is 6.29 Å². The number of furan rings is 1. The first-order valence-electron chi connectivity index (χ1n) is 4.24. The minimum atomic E-state index is 0.257. The molecule has 15 heavy (non-hydrogen) atoms. The number of hydrogen-bond donors (Lipinski definition) is 0. The van der Waals surface area contributed by atoms with Gasteiger partial charge in [0.05, 0.1) is 5.56 Å². The highest BCUT2D eigenvalue weighted by molar-refractivity contribution is 5.72. The van der Waals surface area contributed by atoms with Gasteiger partial charge in [0.1, 0.15) is 11.8 Å². The molecule has 4 heteroatoms. The Bertz CT molecular complexity index is 538. The number of carbonyl (C=O) groups is 1. The predicted octanol–water partition coefficient (Wildman–Crippen LogP) is 2.03. The molecule has 0 atom stereocenters. The minimum Gasteiger partial charge on any atom is -0.453 e. The van der Waals surface area contributed by atoms with Crippen LogP contribution in [0.1, 0.15) is 16.1 Å². The van der Waals surface area contributed by atoms with Crippen LogP contribution in [0, 0.1) is 11.3 Å². The van der Waals surface area contributed by atoms with Crippen molar-refractivity contribution in [2.75, 3.05) is 0 Å². The zero-order chi connectivity index (χ0) is 10.7. The standard InChI is InChI=1S/C11H6N2O2/c12-4-8-3-9(6-13-5-8)11-2-1-10(7-14)15-11/h1-3,5-7H. The number of aromatic nitrogens is 1. The Morgan fingerprint density at radius 3 is 2.93 bits per heavy atom. The summed E-state index contributed by atoms with van der Waals surface area (Å²) in [6, 6.07) is 6.88. The summed E-state index contributed by atoms with van der Waals surface area (Å²) in [5, 5.41) is 8.68. The summed E-state index contributed by atoms with van der Waals surface area (Å²) >= 11 is 0. The molecule has 2 aromatic heterocycles. The highest BCUT2D eigenvalue weighted by atomic mass is 16.3. The molecule has 2 rings (SSSR count). The van der Waals surface area contributed by atoms with E-state index in [0.717, 1.165) is 0 Å². The summed E-state index contributed by atoms with van der Waals surface area (Å²) < 4.78 is 5.20. The molecule has 0 fully saturated rings. The van der Waals surface area contributed by atoms with Crippen molar-refractivity contribution in [2.24, 2.45) is 0 Å². The first-order valence-corrected chi connectivity index (χ1v) is 4.24. The summed E-state index contributed by atoms with van der Waals surface area (Å²) in [6.45, 7) is 0. The molecule has 0 radical (unpaired) electrons. The molecule has 0 saturated carbocycles. The summed E-state index contributed by atoms with van der Waals surface area (Å²) in [6.07, 6.45) is 3.67. The van der Waals surface area contributed by atoms with Crippen LogP contribution in [0.25, 0.3) is 11.3 Å². The minimum absolute atomic E-state index is 0.257. The second-order valence-corrected chi connectivity index (χ2v) is 2.89. The number of nitrogens with zero attached hydrogens (tertiary/aromatic N) is 2. The van der Waals surface area contributed by atoms with E-state index in [1.165, 1.54) is 6.20 Å². The lowest BCUT2D eigenvalue weighted by Crippen LogP contribution is -1.81. The molecular formula is C11H6N2O2. The van der Waals surface area contributed by atoms with Gasteiger partial charge in [0.15, 0.2) is 12.0 Å². The Morgan fingerprint density at radius 1 is 1.40 bits per heavy atom. The van der Waals surface area contributed by atoms with Gasteiger partial charge in [0.2, 0.25) is 0 Å². The van der Waals surface area contributed by atoms with Crippen molar-refractivity contribution in [3.8, 4) is 17.4 Å². The maximum atomic E-state index is 10.4. The van der Waals surface area contributed by atoms with Crippen LogP contribution in [0.5, 0.6) is 0 Å². The van der Waals surface area contributed by atoms with Gasteiger partial charge in [-0.2, -0.15) is 5.26 Å². The number of pyridine rings is 1. The fraction of sp³-hybridized carbons (Fsp3) is 0. The predicted molar refractivity (Wildman–Crippen MR) is 52.0 cm³/mol. The Balaban J connectivity index is 2.45. The average molecular weight is 198 g/mol. The summed E-state index contributed by atoms with van der Waals surface area (Å²) in [5.41, 5.74) is 1.14. The Kier molecular flexibility index (Phi) is 2.30. The van der Waals surface area contributed by atoms with Crippen molar-refractivity contribution in [1.82, 2.24) is 4.98 Å². The lowest BCUT2D eigenvalue weighted by Gasteiger charge is -1.95. The van der Waals surface area contributed by atoms with Crippen molar-refractivity contribution in [3.05, 3.63) is 41.9 Å². The Hall–Kier alpha value is -2.41. The molecule has 0 aromatic carbocycles. The molecule has 0 aliphatic heterocycles. The van der Waals surface area contributed by atoms with Gasteiger partial charge in [0.25, 0.3) is 0 Å². The smallest absolute Gasteiger partial charge is 0.185 e. The Morgan fingerprint density at radius 2 is 2.27 bits per heavy atom. The molecule has 4 nitrogen and oxygen atoms in total. The molecule has 0 saturated heterocycles. The maximum Gasteiger partial charge on any atom is 0.185 e. The van der Waals surface area contributed by atoms with E-state index < -0.39 is 0 Å². The molecule has 2 aromatic rings. The first kappa shape index (κ1) is 9.16. The van der Waals surface area contributed by atoms with Crippen LogP contribution in [0.4, 0.5) is 0 Å². The highest BCUT2D eigenvalue weighted by Gasteiger charge is 2.05. The van der Waals surface area contributed by atoms with Crippen LogP contribution >= 0.6 is 0 Å². The quantitative estimate of drug-likeness (QED) is 0.692. The largest absolute Gasteiger partial charge is 0.453 e. The fourth-order valence-corrected chi connectivity index (χ4v) is 1.21. The van der Waals surface area contributed by atoms with Crippen molar-refractivity contribution in [2.45, 2.75) is 0 Å². The van der Waals surface area contributed by atoms with E-state index in [1.807, 2.05) is 6.07 Å². The van der Waals surface area contributed by atoms with Crippen LogP contribution in [-0.4, -0.2) is 11.3 Å². The third-order valence-electron chi connectivity index (χ3n) is 1.89. The Labute approximate surface area is 85.8 Å². The monoisotopic (exact) mass is 198 g/mol. The molecular weight excluding hydrogens is 192 g/mol. The highest BCUT2D eigenvalue weighted by Crippen LogP contribution is 2.21. The molecule has 0 bridgehead atoms. The van der Waals surface area contributed by atoms with Crippen LogP contribution in [0.3, 0.4) is 0 Å². The van der Waals surface area contributed by atoms with Crippen molar-refractivity contribution < 1.29 is 9.21 Å². The first-order chi connectivity index (χ1) is 7.33.